The SMILES string of the molecule is [AlH2].[Ca+2].[H-].[H-].[H-].[H-].[Mg+2].[O]=[Al]. The van der Waals surface area contributed by atoms with Crippen molar-refractivity contribution in [2.75, 3.05) is 0 Å². The molecule has 0 aliphatic carbocycles. The summed E-state index contributed by atoms with van der Waals surface area (Å²) >= 11 is 1.17. The molecule has 0 aromatic carbocycles. The Labute approximate surface area is 102 Å². The molecule has 0 atom stereocenters. The molecule has 22 valence electrons. The van der Waals surface area contributed by atoms with Crippen LogP contribution < -0.4 is 0 Å². The van der Waals surface area contributed by atoms with Gasteiger partial charge in [-0.05, 0) is 0 Å². The Morgan fingerprint density at radius 1 is 1.40 bits per heavy atom. The minimum atomic E-state index is 0. The van der Waals surface area contributed by atoms with Crippen molar-refractivity contribution in [3.8, 4) is 0 Å². The van der Waals surface area contributed by atoms with Gasteiger partial charge in [0.2, 0.25) is 0 Å². The van der Waals surface area contributed by atoms with Crippen LogP contribution in [0.15, 0.2) is 0 Å². The fraction of sp³-hybridized carbons (Fsp3) is 0. The van der Waals surface area contributed by atoms with Crippen LogP contribution in [0.4, 0.5) is 0 Å². The summed E-state index contributed by atoms with van der Waals surface area (Å²) < 4.78 is 8.17. The van der Waals surface area contributed by atoms with E-state index in [1.165, 1.54) is 16.2 Å². The maximum atomic E-state index is 8.17. The van der Waals surface area contributed by atoms with Gasteiger partial charge >= 0.3 is 80.8 Å². The summed E-state index contributed by atoms with van der Waals surface area (Å²) in [6.07, 6.45) is 0. The predicted molar refractivity (Wildman–Crippen MR) is 30.9 cm³/mol. The van der Waals surface area contributed by atoms with Gasteiger partial charge in [-0.1, -0.05) is 0 Å². The molecule has 0 aliphatic rings. The zero-order chi connectivity index (χ0) is 2.00. The van der Waals surface area contributed by atoms with Gasteiger partial charge in [0.1, 0.15) is 17.4 Å². The van der Waals surface area contributed by atoms with Crippen LogP contribution in [-0.4, -0.2) is 94.4 Å². The molecule has 0 bridgehead atoms. The molecule has 0 aliphatic heterocycles. The zero-order valence-corrected chi connectivity index (χ0v) is 10.2. The van der Waals surface area contributed by atoms with Crippen LogP contribution in [0.3, 0.4) is 0 Å². The van der Waals surface area contributed by atoms with Crippen LogP contribution in [0.2, 0.25) is 0 Å². The van der Waals surface area contributed by atoms with E-state index in [-0.39, 0.29) is 83.9 Å². The average molecular weight is 140 g/mol. The molecule has 5 heavy (non-hydrogen) atoms. The van der Waals surface area contributed by atoms with Gasteiger partial charge < -0.3 is 5.71 Å². The number of hydrogen-bond donors (Lipinski definition) is 0. The molecule has 0 saturated heterocycles. The van der Waals surface area contributed by atoms with E-state index in [1.807, 2.05) is 0 Å². The first-order chi connectivity index (χ1) is 1.00. The molecular formula is H6Al2CaMgO. The first kappa shape index (κ1) is 24.8. The third-order valence-electron chi connectivity index (χ3n) is 0. The van der Waals surface area contributed by atoms with Gasteiger partial charge in [0.05, 0.1) is 0 Å². The monoisotopic (exact) mass is 140 g/mol. The van der Waals surface area contributed by atoms with Crippen LogP contribution >= 0.6 is 0 Å². The molecule has 0 saturated carbocycles. The summed E-state index contributed by atoms with van der Waals surface area (Å²) in [6.45, 7) is 0. The zero-order valence-electron chi connectivity index (χ0n) is 7.40. The summed E-state index contributed by atoms with van der Waals surface area (Å²) in [7, 11) is 0. The quantitative estimate of drug-likeness (QED) is 0.366. The van der Waals surface area contributed by atoms with Crippen molar-refractivity contribution in [3.05, 3.63) is 0 Å². The van der Waals surface area contributed by atoms with Crippen molar-refractivity contribution in [1.82, 2.24) is 0 Å². The molecule has 0 aromatic heterocycles. The Morgan fingerprint density at radius 3 is 1.40 bits per heavy atom. The van der Waals surface area contributed by atoms with Crippen LogP contribution in [-0.2, 0) is 3.80 Å². The van der Waals surface area contributed by atoms with Crippen LogP contribution in [0.1, 0.15) is 5.71 Å². The molecule has 0 aromatic rings. The standard InChI is InChI=1S/2Al.Ca.Mg.O.6H/q;;2*+2;;;;4*-1. The van der Waals surface area contributed by atoms with E-state index in [2.05, 4.69) is 0 Å². The van der Waals surface area contributed by atoms with Gasteiger partial charge in [0, 0.05) is 0 Å². The first-order valence-electron chi connectivity index (χ1n) is 0.236. The molecule has 0 N–H and O–H groups in total. The van der Waals surface area contributed by atoms with Crippen molar-refractivity contribution in [1.29, 1.82) is 0 Å². The fourth-order valence-corrected chi connectivity index (χ4v) is 0. The number of rotatable bonds is 0. The predicted octanol–water partition coefficient (Wildman–Crippen LogP) is -1.73. The molecule has 5 heteroatoms. The fourth-order valence-electron chi connectivity index (χ4n) is 0. The van der Waals surface area contributed by atoms with Crippen molar-refractivity contribution in [2.45, 2.75) is 0 Å². The van der Waals surface area contributed by atoms with Crippen LogP contribution in [0.5, 0.6) is 0 Å². The molecule has 0 fully saturated rings. The summed E-state index contributed by atoms with van der Waals surface area (Å²) in [4.78, 5) is 0. The van der Waals surface area contributed by atoms with E-state index in [1.54, 1.807) is 0 Å². The van der Waals surface area contributed by atoms with Crippen molar-refractivity contribution < 1.29 is 9.51 Å². The van der Waals surface area contributed by atoms with E-state index in [9.17, 15) is 0 Å². The normalized spacial score (nSPS) is 0.600. The minimum absolute atomic E-state index is 0. The van der Waals surface area contributed by atoms with E-state index < -0.39 is 0 Å². The molecule has 0 spiro atoms. The maximum absolute atomic E-state index is 8.17. The van der Waals surface area contributed by atoms with Gasteiger partial charge in [-0.25, -0.2) is 0 Å². The molecular weight excluding hydrogens is 134 g/mol. The Kier molecular flexibility index (Phi) is 142. The second-order valence-corrected chi connectivity index (χ2v) is 0. The summed E-state index contributed by atoms with van der Waals surface area (Å²) in [5.74, 6) is 0. The van der Waals surface area contributed by atoms with Crippen molar-refractivity contribution in [2.24, 2.45) is 0 Å². The summed E-state index contributed by atoms with van der Waals surface area (Å²) in [5, 5.41) is 0. The van der Waals surface area contributed by atoms with Gasteiger partial charge in [0.25, 0.3) is 0 Å². The third-order valence-corrected chi connectivity index (χ3v) is 0. The van der Waals surface area contributed by atoms with Gasteiger partial charge in [0.15, 0.2) is 0 Å². The van der Waals surface area contributed by atoms with Crippen molar-refractivity contribution in [3.63, 3.8) is 0 Å². The molecule has 2 radical (unpaired) electrons. The third kappa shape index (κ3) is 19.7. The Bertz CT molecular complexity index is 18.5. The molecule has 0 amide bonds. The van der Waals surface area contributed by atoms with Crippen molar-refractivity contribution >= 4 is 94.4 Å². The van der Waals surface area contributed by atoms with Gasteiger partial charge in [-0.3, -0.25) is 0 Å². The first-order valence-corrected chi connectivity index (χ1v) is 0.707. The van der Waals surface area contributed by atoms with Crippen LogP contribution in [0, 0.1) is 0 Å². The van der Waals surface area contributed by atoms with E-state index in [0.29, 0.717) is 0 Å². The van der Waals surface area contributed by atoms with E-state index >= 15 is 0 Å². The van der Waals surface area contributed by atoms with Gasteiger partial charge in [-0.15, -0.1) is 0 Å². The topological polar surface area (TPSA) is 17.1 Å². The Hall–Kier alpha value is 2.89. The molecule has 0 unspecified atom stereocenters. The molecule has 1 nitrogen and oxygen atoms in total. The van der Waals surface area contributed by atoms with Crippen LogP contribution in [0.25, 0.3) is 0 Å². The van der Waals surface area contributed by atoms with E-state index in [4.69, 9.17) is 3.80 Å². The van der Waals surface area contributed by atoms with Gasteiger partial charge in [-0.2, -0.15) is 0 Å². The second-order valence-electron chi connectivity index (χ2n) is 0. The average Bonchev–Trinajstić information content (AvgIpc) is 1.00. The Morgan fingerprint density at radius 2 is 1.40 bits per heavy atom. The second kappa shape index (κ2) is 28.6. The summed E-state index contributed by atoms with van der Waals surface area (Å²) in [6, 6.07) is 0. The number of hydrogen-bond acceptors (Lipinski definition) is 1. The summed E-state index contributed by atoms with van der Waals surface area (Å²) in [5.41, 5.74) is 0. The molecule has 0 rings (SSSR count). The van der Waals surface area contributed by atoms with E-state index in [0.717, 1.165) is 0 Å². The Balaban J connectivity index is -0.000000000238. The molecule has 0 heterocycles.